The molecule has 0 saturated heterocycles. The van der Waals surface area contributed by atoms with E-state index in [1.165, 1.54) is 5.56 Å². The summed E-state index contributed by atoms with van der Waals surface area (Å²) in [5.74, 6) is 2.01. The maximum atomic E-state index is 6.64. The molecule has 0 spiro atoms. The van der Waals surface area contributed by atoms with Crippen molar-refractivity contribution >= 4 is 44.6 Å². The summed E-state index contributed by atoms with van der Waals surface area (Å²) in [6.45, 7) is 6.43. The van der Waals surface area contributed by atoms with Gasteiger partial charge in [-0.05, 0) is 65.8 Å². The molecule has 0 bridgehead atoms. The molecule has 0 saturated carbocycles. The number of rotatable bonds is 8. The summed E-state index contributed by atoms with van der Waals surface area (Å²) < 4.78 is 8.82. The third kappa shape index (κ3) is 6.95. The molecular weight excluding hydrogens is 940 g/mol. The summed E-state index contributed by atoms with van der Waals surface area (Å²) in [4.78, 5) is 9.53. The van der Waals surface area contributed by atoms with Crippen molar-refractivity contribution in [1.82, 2.24) is 9.55 Å². The zero-order valence-electron chi connectivity index (χ0n) is 34.1. The molecule has 0 atom stereocenters. The van der Waals surface area contributed by atoms with Crippen molar-refractivity contribution in [2.75, 3.05) is 9.80 Å². The number of pyridine rings is 1. The minimum absolute atomic E-state index is 0. The Balaban J connectivity index is 0.00000458. The van der Waals surface area contributed by atoms with Gasteiger partial charge in [0.05, 0.1) is 0 Å². The third-order valence-corrected chi connectivity index (χ3v) is 11.6. The van der Waals surface area contributed by atoms with E-state index < -0.39 is 0 Å². The average Bonchev–Trinajstić information content (AvgIpc) is 3.86. The minimum atomic E-state index is 0. The fraction of sp³-hybridized carbons (Fsp3) is 0.0357. The quantitative estimate of drug-likeness (QED) is 0.142. The van der Waals surface area contributed by atoms with Gasteiger partial charge in [-0.2, -0.15) is 12.1 Å². The van der Waals surface area contributed by atoms with E-state index in [0.29, 0.717) is 11.5 Å². The van der Waals surface area contributed by atoms with Gasteiger partial charge in [0, 0.05) is 78.0 Å². The van der Waals surface area contributed by atoms with E-state index in [1.54, 1.807) is 0 Å². The number of para-hydroxylation sites is 4. The van der Waals surface area contributed by atoms with Gasteiger partial charge in [0.15, 0.2) is 0 Å². The molecule has 0 unspecified atom stereocenters. The topological polar surface area (TPSA) is 33.5 Å². The Morgan fingerprint density at radius 2 is 1.13 bits per heavy atom. The molecule has 0 N–H and O–H groups in total. The van der Waals surface area contributed by atoms with Crippen LogP contribution in [0.2, 0.25) is 0 Å². The first-order chi connectivity index (χ1) is 30.1. The molecule has 11 rings (SSSR count). The number of benzene rings is 8. The first-order valence-corrected chi connectivity index (χ1v) is 20.5. The van der Waals surface area contributed by atoms with Crippen molar-refractivity contribution < 1.29 is 25.8 Å². The van der Waals surface area contributed by atoms with Crippen LogP contribution in [0, 0.1) is 32.6 Å². The Morgan fingerprint density at radius 3 is 1.84 bits per heavy atom. The van der Waals surface area contributed by atoms with Crippen molar-refractivity contribution in [1.29, 1.82) is 0 Å². The van der Waals surface area contributed by atoms with Gasteiger partial charge in [0.1, 0.15) is 5.82 Å². The first kappa shape index (κ1) is 39.0. The third-order valence-electron chi connectivity index (χ3n) is 11.6. The zero-order valence-corrected chi connectivity index (χ0v) is 36.3. The summed E-state index contributed by atoms with van der Waals surface area (Å²) >= 11 is 0. The standard InChI is InChI=1S/C56H39N4O.Pt/c1-38-27-29-42(30-28-38)50-36-57-55(33-39(50)2)60-51-24-10-9-21-48(51)49-32-31-45(35-54(49)60)61-44-20-13-19-43(34-44)58-37-59(53-26-12-11-25-52(53)58)56-46(40-15-5-3-6-16-40)22-14-23-47(56)41-17-7-4-8-18-41;/h3-33,36-37H,1-2H3;/q-3;. The second-order valence-corrected chi connectivity index (χ2v) is 15.4. The molecule has 5 nitrogen and oxygen atoms in total. The number of hydrogen-bond donors (Lipinski definition) is 0. The maximum absolute atomic E-state index is 6.64. The van der Waals surface area contributed by atoms with Crippen LogP contribution in [0.15, 0.2) is 194 Å². The van der Waals surface area contributed by atoms with Crippen molar-refractivity contribution in [3.05, 3.63) is 224 Å². The van der Waals surface area contributed by atoms with Gasteiger partial charge in [-0.15, -0.1) is 48.1 Å². The molecule has 1 aliphatic rings. The van der Waals surface area contributed by atoms with Crippen LogP contribution < -0.4 is 14.5 Å². The van der Waals surface area contributed by atoms with Crippen molar-refractivity contribution in [2.24, 2.45) is 0 Å². The van der Waals surface area contributed by atoms with E-state index in [1.807, 2.05) is 24.4 Å². The molecule has 0 aliphatic carbocycles. The molecular formula is C56H39N4OPt-3. The van der Waals surface area contributed by atoms with Gasteiger partial charge < -0.3 is 19.1 Å². The number of nitrogens with zero attached hydrogens (tertiary/aromatic N) is 4. The number of hydrogen-bond acceptors (Lipinski definition) is 4. The molecule has 62 heavy (non-hydrogen) atoms. The van der Waals surface area contributed by atoms with Gasteiger partial charge in [0.2, 0.25) is 0 Å². The summed E-state index contributed by atoms with van der Waals surface area (Å²) in [5.41, 5.74) is 15.3. The molecule has 0 fully saturated rings. The van der Waals surface area contributed by atoms with Gasteiger partial charge in [-0.25, -0.2) is 4.98 Å². The van der Waals surface area contributed by atoms with Crippen LogP contribution in [0.1, 0.15) is 11.1 Å². The van der Waals surface area contributed by atoms with E-state index in [4.69, 9.17) is 9.72 Å². The molecule has 1 aliphatic heterocycles. The molecule has 10 aromatic rings. The van der Waals surface area contributed by atoms with E-state index in [2.05, 4.69) is 217 Å². The van der Waals surface area contributed by atoms with Crippen LogP contribution in [0.4, 0.5) is 22.7 Å². The second-order valence-electron chi connectivity index (χ2n) is 15.4. The molecule has 0 amide bonds. The first-order valence-electron chi connectivity index (χ1n) is 20.5. The Kier molecular flexibility index (Phi) is 10.3. The number of aryl methyl sites for hydroxylation is 2. The zero-order chi connectivity index (χ0) is 40.9. The minimum Gasteiger partial charge on any atom is -0.509 e. The number of fused-ring (bicyclic) bond motifs is 4. The number of aromatic nitrogens is 2. The molecule has 2 aromatic heterocycles. The average molecular weight is 979 g/mol. The van der Waals surface area contributed by atoms with Crippen LogP contribution >= 0.6 is 0 Å². The smallest absolute Gasteiger partial charge is 0.135 e. The van der Waals surface area contributed by atoms with E-state index in [0.717, 1.165) is 89.3 Å². The summed E-state index contributed by atoms with van der Waals surface area (Å²) in [6.07, 6.45) is 1.98. The number of anilines is 4. The summed E-state index contributed by atoms with van der Waals surface area (Å²) in [6, 6.07) is 72.9. The predicted octanol–water partition coefficient (Wildman–Crippen LogP) is 14.6. The van der Waals surface area contributed by atoms with Gasteiger partial charge in [0.25, 0.3) is 0 Å². The predicted molar refractivity (Wildman–Crippen MR) is 250 cm³/mol. The van der Waals surface area contributed by atoms with Crippen molar-refractivity contribution in [3.8, 4) is 50.7 Å². The Bertz CT molecular complexity index is 3180. The van der Waals surface area contributed by atoms with Crippen LogP contribution in [0.25, 0.3) is 61.0 Å². The monoisotopic (exact) mass is 978 g/mol. The summed E-state index contributed by atoms with van der Waals surface area (Å²) in [5, 5.41) is 2.21. The van der Waals surface area contributed by atoms with Crippen LogP contribution in [-0.2, 0) is 21.1 Å². The fourth-order valence-corrected chi connectivity index (χ4v) is 8.61. The van der Waals surface area contributed by atoms with E-state index in [9.17, 15) is 0 Å². The molecule has 0 radical (unpaired) electrons. The molecule has 302 valence electrons. The second kappa shape index (κ2) is 16.3. The molecule has 3 heterocycles. The van der Waals surface area contributed by atoms with Crippen molar-refractivity contribution in [3.63, 3.8) is 0 Å². The summed E-state index contributed by atoms with van der Waals surface area (Å²) in [7, 11) is 0. The maximum Gasteiger partial charge on any atom is 0.135 e. The van der Waals surface area contributed by atoms with Gasteiger partial charge in [-0.3, -0.25) is 0 Å². The normalized spacial score (nSPS) is 12.1. The van der Waals surface area contributed by atoms with Crippen LogP contribution in [-0.4, -0.2) is 9.55 Å². The van der Waals surface area contributed by atoms with Gasteiger partial charge in [-0.1, -0.05) is 145 Å². The SMILES string of the molecule is Cc1ccc(-c2cnc(-n3c4[c-]c(Oc5[c-]c(N6[CH-]N(c7c(-c8ccccc8)cccc7-c7ccccc7)c7ccccc76)ccc5)ccc4c4ccccc43)cc2C)cc1.[Pt]. The fourth-order valence-electron chi connectivity index (χ4n) is 8.61. The Labute approximate surface area is 376 Å². The van der Waals surface area contributed by atoms with Gasteiger partial charge >= 0.3 is 0 Å². The molecule has 8 aromatic carbocycles. The van der Waals surface area contributed by atoms with E-state index in [-0.39, 0.29) is 21.1 Å². The largest absolute Gasteiger partial charge is 0.509 e. The Hall–Kier alpha value is -7.20. The number of ether oxygens (including phenoxy) is 1. The van der Waals surface area contributed by atoms with Crippen molar-refractivity contribution in [2.45, 2.75) is 13.8 Å². The van der Waals surface area contributed by atoms with Crippen LogP contribution in [0.3, 0.4) is 0 Å². The molecule has 6 heteroatoms. The van der Waals surface area contributed by atoms with Crippen LogP contribution in [0.5, 0.6) is 11.5 Å². The van der Waals surface area contributed by atoms with E-state index >= 15 is 0 Å². The Morgan fingerprint density at radius 1 is 0.516 bits per heavy atom.